The molecule has 0 saturated carbocycles. The fourth-order valence-corrected chi connectivity index (χ4v) is 3.37. The summed E-state index contributed by atoms with van der Waals surface area (Å²) in [5.74, 6) is -1.17. The van der Waals surface area contributed by atoms with Crippen molar-refractivity contribution in [2.45, 2.75) is 60.6 Å². The van der Waals surface area contributed by atoms with Crippen LogP contribution in [-0.4, -0.2) is 54.9 Å². The van der Waals surface area contributed by atoms with Gasteiger partial charge in [-0.05, 0) is 60.2 Å². The number of rotatable bonds is 13. The van der Waals surface area contributed by atoms with Crippen LogP contribution in [0.4, 0.5) is 0 Å². The van der Waals surface area contributed by atoms with E-state index >= 15 is 0 Å². The van der Waals surface area contributed by atoms with Gasteiger partial charge in [-0.15, -0.1) is 0 Å². The summed E-state index contributed by atoms with van der Waals surface area (Å²) >= 11 is 5.11. The van der Waals surface area contributed by atoms with E-state index in [1.807, 2.05) is 0 Å². The Morgan fingerprint density at radius 2 is 1.54 bits per heavy atom. The second kappa shape index (κ2) is 13.4. The second-order valence-electron chi connectivity index (χ2n) is 9.55. The standard InChI is InChI=1S/C21H35N2O10PS/c1-20(2,3)17(25)29-13-32-34(27,33-14-30-18(26)21(4,5)6)31-12-15(28-7)8-10-23-11-9-16(24)22-19(23)35/h9,11,15H,8,10,12-14H2,1-7H3,(H,22,24,35). The molecule has 0 aliphatic carbocycles. The van der Waals surface area contributed by atoms with E-state index in [1.165, 1.54) is 13.2 Å². The van der Waals surface area contributed by atoms with Crippen molar-refractivity contribution in [2.24, 2.45) is 10.8 Å². The first kappa shape index (κ1) is 31.1. The molecule has 1 unspecified atom stereocenters. The van der Waals surface area contributed by atoms with Gasteiger partial charge in [0.05, 0.1) is 23.5 Å². The van der Waals surface area contributed by atoms with E-state index in [1.54, 1.807) is 52.3 Å². The average Bonchev–Trinajstić information content (AvgIpc) is 2.73. The maximum absolute atomic E-state index is 13.1. The smallest absolute Gasteiger partial charge is 0.437 e. The molecule has 14 heteroatoms. The first-order valence-corrected chi connectivity index (χ1v) is 12.6. The number of carbonyl (C=O) groups is 2. The molecule has 0 fully saturated rings. The Kier molecular flexibility index (Phi) is 11.9. The normalized spacial score (nSPS) is 13.3. The SMILES string of the molecule is COC(CCn1ccc(=O)[nH]c1=S)COP(=O)(OCOC(=O)C(C)(C)C)OCOC(=O)C(C)(C)C. The molecule has 1 aromatic rings. The van der Waals surface area contributed by atoms with Crippen LogP contribution in [-0.2, 0) is 48.5 Å². The molecule has 0 radical (unpaired) electrons. The van der Waals surface area contributed by atoms with E-state index in [9.17, 15) is 18.9 Å². The van der Waals surface area contributed by atoms with Crippen molar-refractivity contribution < 1.29 is 41.9 Å². The molecule has 12 nitrogen and oxygen atoms in total. The maximum atomic E-state index is 13.1. The van der Waals surface area contributed by atoms with Gasteiger partial charge in [0.2, 0.25) is 13.6 Å². The van der Waals surface area contributed by atoms with Gasteiger partial charge < -0.3 is 18.8 Å². The van der Waals surface area contributed by atoms with Gasteiger partial charge in [-0.1, -0.05) is 0 Å². The zero-order valence-electron chi connectivity index (χ0n) is 21.2. The summed E-state index contributed by atoms with van der Waals surface area (Å²) in [4.78, 5) is 37.7. The quantitative estimate of drug-likeness (QED) is 0.170. The highest BCUT2D eigenvalue weighted by atomic mass is 32.1. The molecular formula is C21H35N2O10PS. The molecule has 0 amide bonds. The maximum Gasteiger partial charge on any atom is 0.480 e. The van der Waals surface area contributed by atoms with Crippen LogP contribution in [0.2, 0.25) is 0 Å². The Balaban J connectivity index is 2.78. The molecule has 0 saturated heterocycles. The summed E-state index contributed by atoms with van der Waals surface area (Å²) in [6, 6.07) is 1.34. The third kappa shape index (κ3) is 11.6. The molecule has 35 heavy (non-hydrogen) atoms. The zero-order chi connectivity index (χ0) is 26.9. The lowest BCUT2D eigenvalue weighted by Gasteiger charge is -2.23. The van der Waals surface area contributed by atoms with Gasteiger partial charge in [0, 0.05) is 25.9 Å². The summed E-state index contributed by atoms with van der Waals surface area (Å²) in [7, 11) is -2.89. The molecule has 0 bridgehead atoms. The Bertz CT molecular complexity index is 973. The highest BCUT2D eigenvalue weighted by molar-refractivity contribution is 7.71. The minimum atomic E-state index is -4.32. The van der Waals surface area contributed by atoms with Crippen molar-refractivity contribution in [3.63, 3.8) is 0 Å². The fraction of sp³-hybridized carbons (Fsp3) is 0.714. The number of phosphoric acid groups is 1. The lowest BCUT2D eigenvalue weighted by molar-refractivity contribution is -0.163. The minimum absolute atomic E-state index is 0.231. The largest absolute Gasteiger partial charge is 0.480 e. The van der Waals surface area contributed by atoms with Crippen LogP contribution in [0.5, 0.6) is 0 Å². The number of carbonyl (C=O) groups excluding carboxylic acids is 2. The number of nitrogens with zero attached hydrogens (tertiary/aromatic N) is 1. The minimum Gasteiger partial charge on any atom is -0.437 e. The van der Waals surface area contributed by atoms with Crippen LogP contribution >= 0.6 is 20.0 Å². The number of aromatic amines is 1. The van der Waals surface area contributed by atoms with Crippen LogP contribution in [0.25, 0.3) is 0 Å². The van der Waals surface area contributed by atoms with Gasteiger partial charge in [0.1, 0.15) is 0 Å². The van der Waals surface area contributed by atoms with E-state index in [0.29, 0.717) is 13.0 Å². The second-order valence-corrected chi connectivity index (χ2v) is 11.6. The van der Waals surface area contributed by atoms with Crippen molar-refractivity contribution in [3.8, 4) is 0 Å². The molecule has 0 aliphatic rings. The first-order valence-electron chi connectivity index (χ1n) is 10.8. The number of phosphoric ester groups is 1. The monoisotopic (exact) mass is 538 g/mol. The fourth-order valence-electron chi connectivity index (χ4n) is 2.18. The van der Waals surface area contributed by atoms with E-state index in [0.717, 1.165) is 0 Å². The molecule has 0 aromatic carbocycles. The molecule has 1 rings (SSSR count). The lowest BCUT2D eigenvalue weighted by atomic mass is 9.98. The summed E-state index contributed by atoms with van der Waals surface area (Å²) < 4.78 is 45.9. The molecule has 1 aromatic heterocycles. The number of esters is 2. The van der Waals surface area contributed by atoms with Crippen molar-refractivity contribution in [3.05, 3.63) is 27.4 Å². The van der Waals surface area contributed by atoms with Gasteiger partial charge in [0.25, 0.3) is 5.56 Å². The zero-order valence-corrected chi connectivity index (χ0v) is 22.9. The number of aromatic nitrogens is 2. The molecule has 1 N–H and O–H groups in total. The van der Waals surface area contributed by atoms with E-state index < -0.39 is 50.3 Å². The van der Waals surface area contributed by atoms with Crippen LogP contribution in [0.1, 0.15) is 48.0 Å². The Morgan fingerprint density at radius 1 is 1.03 bits per heavy atom. The predicted molar refractivity (Wildman–Crippen MR) is 128 cm³/mol. The molecule has 1 heterocycles. The summed E-state index contributed by atoms with van der Waals surface area (Å²) in [6.45, 7) is 8.60. The van der Waals surface area contributed by atoms with Gasteiger partial charge in [-0.2, -0.15) is 0 Å². The molecule has 1 atom stereocenters. The highest BCUT2D eigenvalue weighted by Crippen LogP contribution is 2.49. The van der Waals surface area contributed by atoms with Gasteiger partial charge in [-0.3, -0.25) is 23.9 Å². The Labute approximate surface area is 209 Å². The lowest BCUT2D eigenvalue weighted by Crippen LogP contribution is -2.25. The van der Waals surface area contributed by atoms with Crippen LogP contribution < -0.4 is 5.56 Å². The topological polar surface area (TPSA) is 144 Å². The number of H-pyrrole nitrogens is 1. The number of nitrogens with one attached hydrogen (secondary N) is 1. The first-order chi connectivity index (χ1) is 16.1. The Morgan fingerprint density at radius 3 is 1.97 bits per heavy atom. The molecule has 200 valence electrons. The van der Waals surface area contributed by atoms with Crippen molar-refractivity contribution in [1.29, 1.82) is 0 Å². The van der Waals surface area contributed by atoms with Gasteiger partial charge in [-0.25, -0.2) is 13.6 Å². The molecule has 0 spiro atoms. The third-order valence-corrected chi connectivity index (χ3v) is 6.01. The third-order valence-electron chi connectivity index (χ3n) is 4.37. The summed E-state index contributed by atoms with van der Waals surface area (Å²) in [5, 5.41) is 0. The number of hydrogen-bond donors (Lipinski definition) is 1. The number of methoxy groups -OCH3 is 1. The number of hydrogen-bond acceptors (Lipinski definition) is 11. The predicted octanol–water partition coefficient (Wildman–Crippen LogP) is 3.56. The van der Waals surface area contributed by atoms with Crippen LogP contribution in [0, 0.1) is 15.6 Å². The molecular weight excluding hydrogens is 503 g/mol. The van der Waals surface area contributed by atoms with Gasteiger partial charge in [0.15, 0.2) is 4.77 Å². The summed E-state index contributed by atoms with van der Waals surface area (Å²) in [5.41, 5.74) is -1.92. The van der Waals surface area contributed by atoms with Crippen LogP contribution in [0.15, 0.2) is 17.1 Å². The highest BCUT2D eigenvalue weighted by Gasteiger charge is 2.32. The van der Waals surface area contributed by atoms with E-state index in [4.69, 9.17) is 40.0 Å². The number of ether oxygens (including phenoxy) is 3. The van der Waals surface area contributed by atoms with E-state index in [-0.39, 0.29) is 16.9 Å². The Hall–Kier alpha value is -1.89. The summed E-state index contributed by atoms with van der Waals surface area (Å²) in [6.07, 6.45) is 1.34. The van der Waals surface area contributed by atoms with Crippen molar-refractivity contribution in [1.82, 2.24) is 9.55 Å². The number of aryl methyl sites for hydroxylation is 1. The van der Waals surface area contributed by atoms with E-state index in [2.05, 4.69) is 4.98 Å². The van der Waals surface area contributed by atoms with Crippen molar-refractivity contribution >= 4 is 32.0 Å². The average molecular weight is 539 g/mol. The van der Waals surface area contributed by atoms with Gasteiger partial charge >= 0.3 is 19.8 Å². The van der Waals surface area contributed by atoms with Crippen molar-refractivity contribution in [2.75, 3.05) is 27.3 Å². The van der Waals surface area contributed by atoms with Crippen LogP contribution in [0.3, 0.4) is 0 Å². The molecule has 0 aliphatic heterocycles.